The van der Waals surface area contributed by atoms with Crippen molar-refractivity contribution in [2.45, 2.75) is 18.9 Å². The van der Waals surface area contributed by atoms with E-state index in [9.17, 15) is 0 Å². The quantitative estimate of drug-likeness (QED) is 0.803. The number of nitrogens with zero attached hydrogens (tertiary/aromatic N) is 2. The summed E-state index contributed by atoms with van der Waals surface area (Å²) in [7, 11) is 1.90. The van der Waals surface area contributed by atoms with E-state index in [1.54, 1.807) is 10.9 Å². The minimum absolute atomic E-state index is 0. The first-order valence-corrected chi connectivity index (χ1v) is 4.70. The van der Waals surface area contributed by atoms with E-state index < -0.39 is 0 Å². The van der Waals surface area contributed by atoms with Crippen molar-refractivity contribution in [1.82, 2.24) is 15.1 Å². The zero-order valence-corrected chi connectivity index (χ0v) is 9.09. The molecule has 0 radical (unpaired) electrons. The van der Waals surface area contributed by atoms with E-state index in [1.165, 1.54) is 0 Å². The van der Waals surface area contributed by atoms with Crippen molar-refractivity contribution in [1.29, 1.82) is 0 Å². The number of ether oxygens (including phenoxy) is 1. The molecule has 1 saturated heterocycles. The number of aryl methyl sites for hydroxylation is 1. The molecule has 1 aliphatic rings. The second-order valence-electron chi connectivity index (χ2n) is 3.42. The first-order chi connectivity index (χ1) is 6.34. The van der Waals surface area contributed by atoms with Crippen molar-refractivity contribution >= 4 is 12.4 Å². The molecule has 0 bridgehead atoms. The van der Waals surface area contributed by atoms with Gasteiger partial charge in [0.2, 0.25) is 0 Å². The molecule has 0 amide bonds. The summed E-state index contributed by atoms with van der Waals surface area (Å²) in [5, 5.41) is 7.36. The average Bonchev–Trinajstić information content (AvgIpc) is 2.53. The molecular formula is C9H16ClN3O. The van der Waals surface area contributed by atoms with Gasteiger partial charge >= 0.3 is 0 Å². The molecule has 80 valence electrons. The highest BCUT2D eigenvalue weighted by molar-refractivity contribution is 5.85. The largest absolute Gasteiger partial charge is 0.487 e. The van der Waals surface area contributed by atoms with Crippen LogP contribution in [0.15, 0.2) is 12.4 Å². The van der Waals surface area contributed by atoms with E-state index in [0.717, 1.165) is 31.7 Å². The minimum Gasteiger partial charge on any atom is -0.487 e. The van der Waals surface area contributed by atoms with Gasteiger partial charge in [0, 0.05) is 7.05 Å². The summed E-state index contributed by atoms with van der Waals surface area (Å²) in [5.41, 5.74) is 0. The Bertz CT molecular complexity index is 271. The highest BCUT2D eigenvalue weighted by Crippen LogP contribution is 2.14. The lowest BCUT2D eigenvalue weighted by Crippen LogP contribution is -2.34. The van der Waals surface area contributed by atoms with Gasteiger partial charge in [-0.05, 0) is 25.9 Å². The number of hydrogen-bond acceptors (Lipinski definition) is 3. The Morgan fingerprint density at radius 2 is 2.21 bits per heavy atom. The van der Waals surface area contributed by atoms with Crippen LogP contribution in [0.3, 0.4) is 0 Å². The normalized spacial score (nSPS) is 17.5. The molecule has 1 aromatic rings. The standard InChI is InChI=1S/C9H15N3O.ClH/c1-12-7-9(6-11-12)13-8-2-4-10-5-3-8;/h6-8,10H,2-5H2,1H3;1H. The van der Waals surface area contributed by atoms with Crippen LogP contribution in [0.4, 0.5) is 0 Å². The first-order valence-electron chi connectivity index (χ1n) is 4.70. The molecule has 14 heavy (non-hydrogen) atoms. The summed E-state index contributed by atoms with van der Waals surface area (Å²) in [6.07, 6.45) is 6.22. The number of piperidine rings is 1. The zero-order valence-electron chi connectivity index (χ0n) is 8.27. The Morgan fingerprint density at radius 3 is 2.79 bits per heavy atom. The van der Waals surface area contributed by atoms with Gasteiger partial charge in [-0.15, -0.1) is 12.4 Å². The fourth-order valence-corrected chi connectivity index (χ4v) is 1.57. The summed E-state index contributed by atoms with van der Waals surface area (Å²) >= 11 is 0. The summed E-state index contributed by atoms with van der Waals surface area (Å²) in [6.45, 7) is 2.12. The molecular weight excluding hydrogens is 202 g/mol. The smallest absolute Gasteiger partial charge is 0.157 e. The fraction of sp³-hybridized carbons (Fsp3) is 0.667. The number of halogens is 1. The van der Waals surface area contributed by atoms with Crippen molar-refractivity contribution in [3.63, 3.8) is 0 Å². The minimum atomic E-state index is 0. The molecule has 1 aromatic heterocycles. The van der Waals surface area contributed by atoms with E-state index in [1.807, 2.05) is 13.2 Å². The van der Waals surface area contributed by atoms with Crippen LogP contribution in [0.25, 0.3) is 0 Å². The lowest BCUT2D eigenvalue weighted by atomic mass is 10.1. The highest BCUT2D eigenvalue weighted by atomic mass is 35.5. The van der Waals surface area contributed by atoms with Crippen LogP contribution in [-0.2, 0) is 7.05 Å². The molecule has 0 unspecified atom stereocenters. The number of hydrogen-bond donors (Lipinski definition) is 1. The van der Waals surface area contributed by atoms with Gasteiger partial charge in [-0.2, -0.15) is 5.10 Å². The van der Waals surface area contributed by atoms with E-state index in [4.69, 9.17) is 4.74 Å². The van der Waals surface area contributed by atoms with Gasteiger partial charge in [-0.3, -0.25) is 4.68 Å². The molecule has 4 nitrogen and oxygen atoms in total. The molecule has 5 heteroatoms. The summed E-state index contributed by atoms with van der Waals surface area (Å²) in [5.74, 6) is 0.884. The van der Waals surface area contributed by atoms with Gasteiger partial charge in [-0.1, -0.05) is 0 Å². The van der Waals surface area contributed by atoms with E-state index >= 15 is 0 Å². The third kappa shape index (κ3) is 2.89. The summed E-state index contributed by atoms with van der Waals surface area (Å²) in [6, 6.07) is 0. The third-order valence-electron chi connectivity index (χ3n) is 2.27. The van der Waals surface area contributed by atoms with E-state index in [0.29, 0.717) is 6.10 Å². The maximum Gasteiger partial charge on any atom is 0.157 e. The summed E-state index contributed by atoms with van der Waals surface area (Å²) < 4.78 is 7.51. The Kier molecular flexibility index (Phi) is 4.22. The van der Waals surface area contributed by atoms with Crippen molar-refractivity contribution in [2.24, 2.45) is 7.05 Å². The van der Waals surface area contributed by atoms with Crippen molar-refractivity contribution in [2.75, 3.05) is 13.1 Å². The predicted octanol–water partition coefficient (Wildman–Crippen LogP) is 0.973. The maximum atomic E-state index is 5.75. The molecule has 0 saturated carbocycles. The highest BCUT2D eigenvalue weighted by Gasteiger charge is 2.14. The molecule has 0 aliphatic carbocycles. The molecule has 0 aromatic carbocycles. The molecule has 2 rings (SSSR count). The van der Waals surface area contributed by atoms with Crippen LogP contribution in [0, 0.1) is 0 Å². The Morgan fingerprint density at radius 1 is 1.50 bits per heavy atom. The third-order valence-corrected chi connectivity index (χ3v) is 2.27. The van der Waals surface area contributed by atoms with Crippen LogP contribution in [0.2, 0.25) is 0 Å². The molecule has 1 fully saturated rings. The number of rotatable bonds is 2. The molecule has 1 aliphatic heterocycles. The van der Waals surface area contributed by atoms with Gasteiger partial charge < -0.3 is 10.1 Å². The monoisotopic (exact) mass is 217 g/mol. The summed E-state index contributed by atoms with van der Waals surface area (Å²) in [4.78, 5) is 0. The Hall–Kier alpha value is -0.740. The lowest BCUT2D eigenvalue weighted by molar-refractivity contribution is 0.162. The second kappa shape index (κ2) is 5.22. The molecule has 1 N–H and O–H groups in total. The van der Waals surface area contributed by atoms with Gasteiger partial charge in [0.1, 0.15) is 6.10 Å². The first kappa shape index (κ1) is 11.3. The Labute approximate surface area is 90.0 Å². The number of aromatic nitrogens is 2. The van der Waals surface area contributed by atoms with Crippen molar-refractivity contribution < 1.29 is 4.74 Å². The molecule has 0 atom stereocenters. The van der Waals surface area contributed by atoms with Gasteiger partial charge in [0.15, 0.2) is 5.75 Å². The molecule has 0 spiro atoms. The van der Waals surface area contributed by atoms with Gasteiger partial charge in [0.25, 0.3) is 0 Å². The van der Waals surface area contributed by atoms with Crippen LogP contribution >= 0.6 is 12.4 Å². The maximum absolute atomic E-state index is 5.75. The van der Waals surface area contributed by atoms with Crippen LogP contribution in [0.1, 0.15) is 12.8 Å². The van der Waals surface area contributed by atoms with Crippen LogP contribution < -0.4 is 10.1 Å². The van der Waals surface area contributed by atoms with Crippen LogP contribution in [-0.4, -0.2) is 29.0 Å². The topological polar surface area (TPSA) is 39.1 Å². The van der Waals surface area contributed by atoms with Gasteiger partial charge in [-0.25, -0.2) is 0 Å². The average molecular weight is 218 g/mol. The zero-order chi connectivity index (χ0) is 9.10. The van der Waals surface area contributed by atoms with E-state index in [-0.39, 0.29) is 12.4 Å². The second-order valence-corrected chi connectivity index (χ2v) is 3.42. The Balaban J connectivity index is 0.000000980. The lowest BCUT2D eigenvalue weighted by Gasteiger charge is -2.22. The van der Waals surface area contributed by atoms with Gasteiger partial charge in [0.05, 0.1) is 12.4 Å². The fourth-order valence-electron chi connectivity index (χ4n) is 1.57. The van der Waals surface area contributed by atoms with Crippen molar-refractivity contribution in [3.8, 4) is 5.75 Å². The van der Waals surface area contributed by atoms with Crippen molar-refractivity contribution in [3.05, 3.63) is 12.4 Å². The van der Waals surface area contributed by atoms with E-state index in [2.05, 4.69) is 10.4 Å². The molecule has 2 heterocycles. The SMILES string of the molecule is Cl.Cn1cc(OC2CCNCC2)cn1. The number of nitrogens with one attached hydrogen (secondary N) is 1. The van der Waals surface area contributed by atoms with Crippen LogP contribution in [0.5, 0.6) is 5.75 Å². The predicted molar refractivity (Wildman–Crippen MR) is 57.0 cm³/mol.